The zero-order valence-electron chi connectivity index (χ0n) is 11.0. The molecule has 0 aromatic heterocycles. The smallest absolute Gasteiger partial charge is 0.328 e. The lowest BCUT2D eigenvalue weighted by Crippen LogP contribution is -1.99. The summed E-state index contributed by atoms with van der Waals surface area (Å²) in [7, 11) is 1.56. The number of carbonyl (C=O) groups is 1. The molecule has 0 heterocycles. The van der Waals surface area contributed by atoms with Crippen molar-refractivity contribution in [1.82, 2.24) is 0 Å². The largest absolute Gasteiger partial charge is 0.493 e. The number of methoxy groups -OCH3 is 1. The summed E-state index contributed by atoms with van der Waals surface area (Å²) in [5, 5.41) is 8.63. The predicted molar refractivity (Wildman–Crippen MR) is 77.8 cm³/mol. The number of carboxylic acids is 1. The summed E-state index contributed by atoms with van der Waals surface area (Å²) < 4.78 is 11.6. The standard InChI is InChI=1S/C14H17BrO4/c1-3-4-7-19-13-9-11(15)10(5-6-14(16)17)8-12(13)18-2/h5-6,8-9H,3-4,7H2,1-2H3,(H,16,17). The van der Waals surface area contributed by atoms with Gasteiger partial charge in [-0.15, -0.1) is 0 Å². The van der Waals surface area contributed by atoms with Gasteiger partial charge in [0.2, 0.25) is 0 Å². The molecule has 104 valence electrons. The average Bonchev–Trinajstić information content (AvgIpc) is 2.38. The molecule has 1 aromatic carbocycles. The van der Waals surface area contributed by atoms with Crippen molar-refractivity contribution >= 4 is 28.0 Å². The van der Waals surface area contributed by atoms with Gasteiger partial charge < -0.3 is 14.6 Å². The first-order valence-corrected chi connectivity index (χ1v) is 6.79. The highest BCUT2D eigenvalue weighted by Gasteiger charge is 2.09. The van der Waals surface area contributed by atoms with Crippen molar-refractivity contribution in [3.8, 4) is 11.5 Å². The van der Waals surface area contributed by atoms with Gasteiger partial charge in [-0.2, -0.15) is 0 Å². The number of carboxylic acid groups (broad SMARTS) is 1. The molecule has 0 saturated carbocycles. The molecular weight excluding hydrogens is 312 g/mol. The van der Waals surface area contributed by atoms with Crippen LogP contribution in [0.5, 0.6) is 11.5 Å². The highest BCUT2D eigenvalue weighted by molar-refractivity contribution is 9.10. The maximum atomic E-state index is 10.5. The number of ether oxygens (including phenoxy) is 2. The van der Waals surface area contributed by atoms with E-state index >= 15 is 0 Å². The van der Waals surface area contributed by atoms with Crippen molar-refractivity contribution in [1.29, 1.82) is 0 Å². The zero-order chi connectivity index (χ0) is 14.3. The number of benzene rings is 1. The van der Waals surface area contributed by atoms with E-state index < -0.39 is 5.97 Å². The first kappa shape index (κ1) is 15.6. The van der Waals surface area contributed by atoms with E-state index in [-0.39, 0.29) is 0 Å². The highest BCUT2D eigenvalue weighted by atomic mass is 79.9. The van der Waals surface area contributed by atoms with Gasteiger partial charge in [-0.1, -0.05) is 29.3 Å². The second-order valence-electron chi connectivity index (χ2n) is 3.90. The van der Waals surface area contributed by atoms with Gasteiger partial charge in [0.05, 0.1) is 13.7 Å². The molecule has 1 aromatic rings. The minimum atomic E-state index is -0.992. The van der Waals surface area contributed by atoms with Crippen LogP contribution in [0, 0.1) is 0 Å². The lowest BCUT2D eigenvalue weighted by Gasteiger charge is -2.12. The first-order valence-electron chi connectivity index (χ1n) is 5.99. The third-order valence-electron chi connectivity index (χ3n) is 2.44. The summed E-state index contributed by atoms with van der Waals surface area (Å²) in [5.74, 6) is 0.244. The maximum Gasteiger partial charge on any atom is 0.328 e. The van der Waals surface area contributed by atoms with Crippen molar-refractivity contribution < 1.29 is 19.4 Å². The Kier molecular flexibility index (Phi) is 6.42. The van der Waals surface area contributed by atoms with Gasteiger partial charge in [-0.25, -0.2) is 4.79 Å². The third-order valence-corrected chi connectivity index (χ3v) is 3.13. The molecule has 0 amide bonds. The molecule has 0 fully saturated rings. The van der Waals surface area contributed by atoms with E-state index in [0.717, 1.165) is 29.0 Å². The lowest BCUT2D eigenvalue weighted by atomic mass is 10.2. The molecular formula is C14H17BrO4. The number of halogens is 1. The molecule has 0 radical (unpaired) electrons. The molecule has 4 nitrogen and oxygen atoms in total. The number of rotatable bonds is 7. The molecule has 1 N–H and O–H groups in total. The quantitative estimate of drug-likeness (QED) is 0.612. The van der Waals surface area contributed by atoms with E-state index in [2.05, 4.69) is 22.9 Å². The summed E-state index contributed by atoms with van der Waals surface area (Å²) in [6.45, 7) is 2.72. The van der Waals surface area contributed by atoms with Crippen LogP contribution in [-0.4, -0.2) is 24.8 Å². The molecule has 19 heavy (non-hydrogen) atoms. The normalized spacial score (nSPS) is 10.7. The average molecular weight is 329 g/mol. The van der Waals surface area contributed by atoms with E-state index in [1.165, 1.54) is 6.08 Å². The summed E-state index contributed by atoms with van der Waals surface area (Å²) in [6, 6.07) is 3.53. The third kappa shape index (κ3) is 4.95. The Balaban J connectivity index is 2.96. The van der Waals surface area contributed by atoms with Crippen LogP contribution in [0.2, 0.25) is 0 Å². The van der Waals surface area contributed by atoms with Gasteiger partial charge in [0.1, 0.15) is 0 Å². The molecule has 0 saturated heterocycles. The summed E-state index contributed by atoms with van der Waals surface area (Å²) in [6.07, 6.45) is 4.62. The maximum absolute atomic E-state index is 10.5. The minimum Gasteiger partial charge on any atom is -0.493 e. The Bertz CT molecular complexity index is 469. The van der Waals surface area contributed by atoms with Crippen molar-refractivity contribution in [2.24, 2.45) is 0 Å². The van der Waals surface area contributed by atoms with Crippen LogP contribution in [0.4, 0.5) is 0 Å². The van der Waals surface area contributed by atoms with Crippen molar-refractivity contribution in [2.75, 3.05) is 13.7 Å². The predicted octanol–water partition coefficient (Wildman–Crippen LogP) is 3.73. The van der Waals surface area contributed by atoms with E-state index in [4.69, 9.17) is 14.6 Å². The highest BCUT2D eigenvalue weighted by Crippen LogP contribution is 2.34. The Labute approximate surface area is 121 Å². The summed E-state index contributed by atoms with van der Waals surface area (Å²) in [4.78, 5) is 10.5. The Hall–Kier alpha value is -1.49. The Morgan fingerprint density at radius 2 is 2.16 bits per heavy atom. The molecule has 0 unspecified atom stereocenters. The van der Waals surface area contributed by atoms with Crippen LogP contribution < -0.4 is 9.47 Å². The van der Waals surface area contributed by atoms with Gasteiger partial charge >= 0.3 is 5.97 Å². The number of unbranched alkanes of at least 4 members (excludes halogenated alkanes) is 1. The number of hydrogen-bond acceptors (Lipinski definition) is 3. The van der Waals surface area contributed by atoms with Crippen molar-refractivity contribution in [2.45, 2.75) is 19.8 Å². The van der Waals surface area contributed by atoms with Crippen LogP contribution in [-0.2, 0) is 4.79 Å². The van der Waals surface area contributed by atoms with Crippen molar-refractivity contribution in [3.05, 3.63) is 28.2 Å². The van der Waals surface area contributed by atoms with E-state index in [1.807, 2.05) is 0 Å². The number of hydrogen-bond donors (Lipinski definition) is 1. The topological polar surface area (TPSA) is 55.8 Å². The van der Waals surface area contributed by atoms with Crippen LogP contribution >= 0.6 is 15.9 Å². The second kappa shape index (κ2) is 7.84. The van der Waals surface area contributed by atoms with Gasteiger partial charge in [-0.05, 0) is 30.2 Å². The second-order valence-corrected chi connectivity index (χ2v) is 4.75. The van der Waals surface area contributed by atoms with Gasteiger partial charge in [0, 0.05) is 10.5 Å². The molecule has 0 spiro atoms. The molecule has 5 heteroatoms. The fourth-order valence-electron chi connectivity index (χ4n) is 1.44. The van der Waals surface area contributed by atoms with Crippen LogP contribution in [0.3, 0.4) is 0 Å². The number of aliphatic carboxylic acids is 1. The molecule has 0 aliphatic rings. The molecule has 0 aliphatic carbocycles. The van der Waals surface area contributed by atoms with Crippen molar-refractivity contribution in [3.63, 3.8) is 0 Å². The van der Waals surface area contributed by atoms with E-state index in [9.17, 15) is 4.79 Å². The molecule has 0 bridgehead atoms. The summed E-state index contributed by atoms with van der Waals surface area (Å²) >= 11 is 3.39. The molecule has 0 atom stereocenters. The van der Waals surface area contributed by atoms with Crippen LogP contribution in [0.15, 0.2) is 22.7 Å². The fourth-order valence-corrected chi connectivity index (χ4v) is 1.89. The SMILES string of the molecule is CCCCOc1cc(Br)c(C=CC(=O)O)cc1OC. The summed E-state index contributed by atoms with van der Waals surface area (Å²) in [5.41, 5.74) is 0.724. The van der Waals surface area contributed by atoms with Crippen LogP contribution in [0.25, 0.3) is 6.08 Å². The molecule has 0 aliphatic heterocycles. The first-order chi connectivity index (χ1) is 9.08. The van der Waals surface area contributed by atoms with E-state index in [1.54, 1.807) is 19.2 Å². The lowest BCUT2D eigenvalue weighted by molar-refractivity contribution is -0.131. The van der Waals surface area contributed by atoms with Gasteiger partial charge in [-0.3, -0.25) is 0 Å². The van der Waals surface area contributed by atoms with Crippen LogP contribution in [0.1, 0.15) is 25.3 Å². The monoisotopic (exact) mass is 328 g/mol. The van der Waals surface area contributed by atoms with Gasteiger partial charge in [0.25, 0.3) is 0 Å². The molecule has 1 rings (SSSR count). The Morgan fingerprint density at radius 1 is 1.42 bits per heavy atom. The minimum absolute atomic E-state index is 0.587. The Morgan fingerprint density at radius 3 is 2.74 bits per heavy atom. The fraction of sp³-hybridized carbons (Fsp3) is 0.357. The zero-order valence-corrected chi connectivity index (χ0v) is 12.6. The van der Waals surface area contributed by atoms with Gasteiger partial charge in [0.15, 0.2) is 11.5 Å². The van der Waals surface area contributed by atoms with E-state index in [0.29, 0.717) is 18.1 Å².